The minimum atomic E-state index is -1.28. The molecule has 1 saturated heterocycles. The van der Waals surface area contributed by atoms with E-state index in [0.29, 0.717) is 37.9 Å². The molecule has 0 aromatic carbocycles. The van der Waals surface area contributed by atoms with Gasteiger partial charge in [-0.25, -0.2) is 0 Å². The number of carbonyl (C=O) groups is 2. The molecule has 5 rings (SSSR count). The summed E-state index contributed by atoms with van der Waals surface area (Å²) in [4.78, 5) is 28.9. The van der Waals surface area contributed by atoms with Crippen molar-refractivity contribution in [2.45, 2.75) is 78.8 Å². The van der Waals surface area contributed by atoms with E-state index < -0.39 is 34.6 Å². The van der Waals surface area contributed by atoms with Gasteiger partial charge >= 0.3 is 5.97 Å². The molecule has 1 aliphatic heterocycles. The second-order valence-corrected chi connectivity index (χ2v) is 13.3. The van der Waals surface area contributed by atoms with E-state index in [1.165, 1.54) is 0 Å². The molecule has 3 unspecified atom stereocenters. The molecule has 10 atom stereocenters. The molecule has 37 heavy (non-hydrogen) atoms. The Morgan fingerprint density at radius 3 is 2.65 bits per heavy atom. The van der Waals surface area contributed by atoms with E-state index in [1.807, 2.05) is 27.7 Å². The largest absolute Gasteiger partial charge is 0.481 e. The van der Waals surface area contributed by atoms with Crippen molar-refractivity contribution in [2.24, 2.45) is 45.8 Å². The lowest BCUT2D eigenvalue weighted by atomic mass is 9.43. The summed E-state index contributed by atoms with van der Waals surface area (Å²) in [5, 5.41) is 22.2. The van der Waals surface area contributed by atoms with Crippen LogP contribution in [0.15, 0.2) is 23.8 Å². The van der Waals surface area contributed by atoms with Gasteiger partial charge in [-0.3, -0.25) is 9.69 Å². The van der Waals surface area contributed by atoms with Gasteiger partial charge in [0.05, 0.1) is 18.1 Å². The van der Waals surface area contributed by atoms with Crippen LogP contribution in [0.25, 0.3) is 0 Å². The molecule has 0 radical (unpaired) electrons. The molecule has 3 saturated carbocycles. The Hall–Kier alpha value is -1.54. The first-order valence-corrected chi connectivity index (χ1v) is 14.2. The molecular weight excluding hydrogens is 470 g/mol. The highest BCUT2D eigenvalue weighted by Gasteiger charge is 2.84. The molecule has 5 aliphatic rings. The number of aliphatic hydroxyl groups is 1. The quantitative estimate of drug-likeness (QED) is 0.374. The van der Waals surface area contributed by atoms with Crippen molar-refractivity contribution in [3.05, 3.63) is 23.8 Å². The van der Waals surface area contributed by atoms with E-state index in [2.05, 4.69) is 24.5 Å². The van der Waals surface area contributed by atoms with Gasteiger partial charge in [-0.05, 0) is 62.7 Å². The average Bonchev–Trinajstić information content (AvgIpc) is 3.34. The number of rotatable bonds is 8. The summed E-state index contributed by atoms with van der Waals surface area (Å²) in [5.41, 5.74) is -1.01. The van der Waals surface area contributed by atoms with Crippen molar-refractivity contribution in [1.29, 1.82) is 0 Å². The van der Waals surface area contributed by atoms with Gasteiger partial charge in [0.15, 0.2) is 6.29 Å². The van der Waals surface area contributed by atoms with Gasteiger partial charge in [-0.15, -0.1) is 0 Å². The van der Waals surface area contributed by atoms with E-state index in [-0.39, 0.29) is 30.5 Å². The minimum absolute atomic E-state index is 0.0194. The van der Waals surface area contributed by atoms with Crippen LogP contribution in [0.1, 0.15) is 60.3 Å². The van der Waals surface area contributed by atoms with Crippen molar-refractivity contribution in [1.82, 2.24) is 4.90 Å². The number of ether oxygens (including phenoxy) is 2. The fraction of sp³-hybridized carbons (Fsp3) is 0.800. The summed E-state index contributed by atoms with van der Waals surface area (Å²) in [6, 6.07) is 0. The van der Waals surface area contributed by atoms with Gasteiger partial charge in [-0.2, -0.15) is 0 Å². The van der Waals surface area contributed by atoms with Crippen LogP contribution in [0.4, 0.5) is 0 Å². The number of aldehydes is 1. The number of fused-ring (bicyclic) bond motifs is 2. The predicted octanol–water partition coefficient (Wildman–Crippen LogP) is 3.91. The van der Waals surface area contributed by atoms with Crippen LogP contribution in [0, 0.1) is 45.8 Å². The number of carboxylic acid groups (broad SMARTS) is 1. The zero-order valence-electron chi connectivity index (χ0n) is 23.1. The topological polar surface area (TPSA) is 96.3 Å². The minimum Gasteiger partial charge on any atom is -0.481 e. The fourth-order valence-corrected chi connectivity index (χ4v) is 9.68. The summed E-state index contributed by atoms with van der Waals surface area (Å²) in [5.74, 6) is -0.0618. The standard InChI is InChI=1S/C30H45NO6/c1-17(2)12-31-13-20(6)37-26(25(33)14-31)36-16-29-11-22-19(5)7-8-23(22)28(15-32)10-21(29)9-24(18(3)4)30(28,29)27(34)35/h9,15,18-23,25-26,33H,1,7-8,10-14,16H2,2-6H3,(H,34,35)/t19-,20-,21?,22-,23-,25+,26-,28?,29?,30+/m1/s1. The summed E-state index contributed by atoms with van der Waals surface area (Å²) < 4.78 is 12.7. The molecule has 7 nitrogen and oxygen atoms in total. The highest BCUT2D eigenvalue weighted by atomic mass is 16.7. The SMILES string of the molecule is C=C(C)CN1C[C@@H](C)O[C@@H](OCC23C[C@@H]4[C@H](C)CC[C@H]4C4(C=O)CC2C=C(C(C)C)[C@@]34C(=O)O)[C@@H](O)C1. The molecule has 0 aromatic heterocycles. The number of aliphatic carboxylic acids is 1. The van der Waals surface area contributed by atoms with Crippen LogP contribution in [-0.2, 0) is 19.1 Å². The van der Waals surface area contributed by atoms with Gasteiger partial charge in [0.2, 0.25) is 0 Å². The molecule has 4 fully saturated rings. The second kappa shape index (κ2) is 9.29. The van der Waals surface area contributed by atoms with Crippen LogP contribution in [0.2, 0.25) is 0 Å². The highest BCUT2D eigenvalue weighted by molar-refractivity contribution is 5.90. The second-order valence-electron chi connectivity index (χ2n) is 13.3. The molecule has 1 heterocycles. The van der Waals surface area contributed by atoms with Gasteiger partial charge in [-0.1, -0.05) is 51.0 Å². The number of hydrogen-bond donors (Lipinski definition) is 2. The Bertz CT molecular complexity index is 993. The Morgan fingerprint density at radius 2 is 2.03 bits per heavy atom. The van der Waals surface area contributed by atoms with Crippen molar-refractivity contribution in [3.8, 4) is 0 Å². The van der Waals surface area contributed by atoms with Gasteiger partial charge in [0.1, 0.15) is 17.8 Å². The van der Waals surface area contributed by atoms with Crippen molar-refractivity contribution in [2.75, 3.05) is 26.2 Å². The molecule has 0 aromatic rings. The van der Waals surface area contributed by atoms with Crippen LogP contribution >= 0.6 is 0 Å². The van der Waals surface area contributed by atoms with Crippen LogP contribution in [0.5, 0.6) is 0 Å². The van der Waals surface area contributed by atoms with Crippen molar-refractivity contribution < 1.29 is 29.3 Å². The number of allylic oxidation sites excluding steroid dienone is 1. The van der Waals surface area contributed by atoms with Crippen LogP contribution in [-0.4, -0.2) is 72.1 Å². The third kappa shape index (κ3) is 3.60. The zero-order valence-corrected chi connectivity index (χ0v) is 23.1. The number of β-amino-alcohol motifs (C(OH)–C–C–N with tert-alkyl or cyclic N) is 1. The fourth-order valence-electron chi connectivity index (χ4n) is 9.68. The average molecular weight is 516 g/mol. The monoisotopic (exact) mass is 515 g/mol. The lowest BCUT2D eigenvalue weighted by Gasteiger charge is -2.58. The molecular formula is C30H45NO6. The van der Waals surface area contributed by atoms with E-state index in [9.17, 15) is 19.8 Å². The Morgan fingerprint density at radius 1 is 1.30 bits per heavy atom. The first-order chi connectivity index (χ1) is 17.4. The third-order valence-corrected chi connectivity index (χ3v) is 10.8. The van der Waals surface area contributed by atoms with E-state index >= 15 is 0 Å². The van der Waals surface area contributed by atoms with Crippen molar-refractivity contribution in [3.63, 3.8) is 0 Å². The first kappa shape index (κ1) is 27.0. The lowest BCUT2D eigenvalue weighted by molar-refractivity contribution is -0.235. The Kier molecular flexibility index (Phi) is 6.79. The number of aliphatic hydroxyl groups excluding tert-OH is 1. The van der Waals surface area contributed by atoms with E-state index in [0.717, 1.165) is 36.7 Å². The smallest absolute Gasteiger partial charge is 0.315 e. The lowest BCUT2D eigenvalue weighted by Crippen LogP contribution is -2.63. The maximum atomic E-state index is 13.6. The number of hydrogen-bond acceptors (Lipinski definition) is 6. The Labute approximate surface area is 221 Å². The number of carboxylic acids is 1. The summed E-state index contributed by atoms with van der Waals surface area (Å²) in [7, 11) is 0. The summed E-state index contributed by atoms with van der Waals surface area (Å²) in [6.45, 7) is 16.2. The molecule has 2 N–H and O–H groups in total. The zero-order chi connectivity index (χ0) is 26.9. The van der Waals surface area contributed by atoms with Gasteiger partial charge < -0.3 is 24.5 Å². The Balaban J connectivity index is 1.52. The van der Waals surface area contributed by atoms with Gasteiger partial charge in [0.25, 0.3) is 0 Å². The predicted molar refractivity (Wildman–Crippen MR) is 140 cm³/mol. The molecule has 4 aliphatic carbocycles. The number of carbonyl (C=O) groups excluding carboxylic acids is 1. The van der Waals surface area contributed by atoms with Crippen LogP contribution in [0.3, 0.4) is 0 Å². The molecule has 0 spiro atoms. The molecule has 206 valence electrons. The highest BCUT2D eigenvalue weighted by Crippen LogP contribution is 2.82. The molecule has 4 bridgehead atoms. The van der Waals surface area contributed by atoms with Gasteiger partial charge in [0, 0.05) is 25.0 Å². The third-order valence-electron chi connectivity index (χ3n) is 10.8. The van der Waals surface area contributed by atoms with E-state index in [1.54, 1.807) is 0 Å². The van der Waals surface area contributed by atoms with Crippen molar-refractivity contribution >= 4 is 12.3 Å². The van der Waals surface area contributed by atoms with E-state index in [4.69, 9.17) is 9.47 Å². The maximum absolute atomic E-state index is 13.6. The summed E-state index contributed by atoms with van der Waals surface area (Å²) >= 11 is 0. The normalized spacial score (nSPS) is 47.0. The maximum Gasteiger partial charge on any atom is 0.315 e. The first-order valence-electron chi connectivity index (χ1n) is 14.2. The van der Waals surface area contributed by atoms with Crippen LogP contribution < -0.4 is 0 Å². The number of nitrogens with zero attached hydrogens (tertiary/aromatic N) is 1. The molecule has 0 amide bonds. The summed E-state index contributed by atoms with van der Waals surface area (Å²) in [6.07, 6.45) is 4.60. The molecule has 7 heteroatoms.